The van der Waals surface area contributed by atoms with Crippen LogP contribution in [0.3, 0.4) is 0 Å². The second kappa shape index (κ2) is 12.0. The molecular formula is C19H31NO12. The summed E-state index contributed by atoms with van der Waals surface area (Å²) < 4.78 is 21.8. The van der Waals surface area contributed by atoms with Crippen LogP contribution in [0, 0.1) is 0 Å². The summed E-state index contributed by atoms with van der Waals surface area (Å²) in [5.74, 6) is -2.13. The molecule has 13 nitrogen and oxygen atoms in total. The summed E-state index contributed by atoms with van der Waals surface area (Å²) in [7, 11) is 0. The number of carbonyl (C=O) groups excluding carboxylic acids is 1. The highest BCUT2D eigenvalue weighted by atomic mass is 16.7. The number of allylic oxidation sites excluding steroid dienone is 1. The van der Waals surface area contributed by atoms with E-state index in [-0.39, 0.29) is 6.61 Å². The Kier molecular flexibility index (Phi) is 9.94. The van der Waals surface area contributed by atoms with Crippen molar-refractivity contribution in [3.63, 3.8) is 0 Å². The lowest BCUT2D eigenvalue weighted by Crippen LogP contribution is -2.67. The Morgan fingerprint density at radius 2 is 1.75 bits per heavy atom. The Balaban J connectivity index is 2.19. The van der Waals surface area contributed by atoms with Gasteiger partial charge in [0.15, 0.2) is 18.7 Å². The first-order valence-electron chi connectivity index (χ1n) is 10.1. The van der Waals surface area contributed by atoms with Crippen LogP contribution in [0.2, 0.25) is 0 Å². The first-order valence-corrected chi connectivity index (χ1v) is 10.1. The molecule has 2 rings (SSSR count). The minimum atomic E-state index is -1.93. The van der Waals surface area contributed by atoms with Crippen molar-refractivity contribution >= 4 is 11.9 Å². The van der Waals surface area contributed by atoms with Gasteiger partial charge in [-0.25, -0.2) is 4.79 Å². The third kappa shape index (κ3) is 6.21. The van der Waals surface area contributed by atoms with Crippen LogP contribution in [-0.2, 0) is 28.5 Å². The first kappa shape index (κ1) is 26.6. The number of aliphatic hydroxyl groups excluding tert-OH is 5. The maximum atomic E-state index is 11.6. The fraction of sp³-hybridized carbons (Fsp3) is 0.789. The molecule has 10 atom stereocenters. The van der Waals surface area contributed by atoms with Crippen LogP contribution in [0.4, 0.5) is 0 Å². The standard InChI is InChI=1S/C19H31NO12/c1-3-4-5-6-29-18-10(20-8(2)22)11(23)15(9(7-21)30-18)31-19-14(26)12(24)13(25)16(32-19)17(27)28/h3,9-16,18-19,21,23-26H,1,4-7H2,2H3,(H,20,22)(H,27,28)/t9?,10?,11-,12+,13+,14?,15-,16?,18+,19-/m1/s1. The van der Waals surface area contributed by atoms with Crippen molar-refractivity contribution in [1.82, 2.24) is 5.32 Å². The molecule has 2 heterocycles. The van der Waals surface area contributed by atoms with Gasteiger partial charge in [0, 0.05) is 6.92 Å². The maximum Gasteiger partial charge on any atom is 0.335 e. The molecule has 0 spiro atoms. The van der Waals surface area contributed by atoms with Crippen molar-refractivity contribution in [3.05, 3.63) is 12.7 Å². The Labute approximate surface area is 184 Å². The van der Waals surface area contributed by atoms with E-state index in [0.29, 0.717) is 12.8 Å². The van der Waals surface area contributed by atoms with Crippen LogP contribution in [0.25, 0.3) is 0 Å². The number of carbonyl (C=O) groups is 2. The van der Waals surface area contributed by atoms with E-state index >= 15 is 0 Å². The van der Waals surface area contributed by atoms with Crippen molar-refractivity contribution in [2.45, 2.75) is 81.1 Å². The van der Waals surface area contributed by atoms with E-state index in [2.05, 4.69) is 11.9 Å². The Morgan fingerprint density at radius 1 is 1.06 bits per heavy atom. The second-order valence-electron chi connectivity index (χ2n) is 7.58. The summed E-state index contributed by atoms with van der Waals surface area (Å²) in [6, 6.07) is -1.14. The van der Waals surface area contributed by atoms with Gasteiger partial charge in [-0.15, -0.1) is 6.58 Å². The molecule has 13 heteroatoms. The van der Waals surface area contributed by atoms with Gasteiger partial charge in [0.2, 0.25) is 5.91 Å². The number of hydrogen-bond acceptors (Lipinski definition) is 11. The fourth-order valence-corrected chi connectivity index (χ4v) is 3.51. The third-order valence-corrected chi connectivity index (χ3v) is 5.16. The molecule has 32 heavy (non-hydrogen) atoms. The van der Waals surface area contributed by atoms with Crippen LogP contribution in [-0.4, -0.2) is 117 Å². The SMILES string of the molecule is C=CCCCO[C@H]1OC(CO)[C@@H](O[C@@H]2OC(C(=O)O)[C@@H](O)[C@H](O)C2O)[C@H](O)C1NC(C)=O. The quantitative estimate of drug-likeness (QED) is 0.126. The highest BCUT2D eigenvalue weighted by Gasteiger charge is 2.52. The third-order valence-electron chi connectivity index (χ3n) is 5.16. The average Bonchev–Trinajstić information content (AvgIpc) is 2.74. The number of carboxylic acids is 1. The molecule has 2 aliphatic heterocycles. The van der Waals surface area contributed by atoms with Gasteiger partial charge in [-0.3, -0.25) is 4.79 Å². The van der Waals surface area contributed by atoms with Gasteiger partial charge in [-0.1, -0.05) is 6.08 Å². The minimum absolute atomic E-state index is 0.206. The van der Waals surface area contributed by atoms with Crippen molar-refractivity contribution in [1.29, 1.82) is 0 Å². The molecule has 0 aromatic heterocycles. The van der Waals surface area contributed by atoms with Gasteiger partial charge in [0.25, 0.3) is 0 Å². The zero-order valence-electron chi connectivity index (χ0n) is 17.5. The molecule has 0 aromatic carbocycles. The van der Waals surface area contributed by atoms with E-state index in [9.17, 15) is 35.1 Å². The fourth-order valence-electron chi connectivity index (χ4n) is 3.51. The largest absolute Gasteiger partial charge is 0.479 e. The molecule has 4 unspecified atom stereocenters. The number of hydrogen-bond donors (Lipinski definition) is 7. The van der Waals surface area contributed by atoms with Crippen LogP contribution in [0.5, 0.6) is 0 Å². The Hall–Kier alpha value is -1.68. The predicted molar refractivity (Wildman–Crippen MR) is 104 cm³/mol. The normalized spacial score (nSPS) is 39.9. The van der Waals surface area contributed by atoms with E-state index in [1.54, 1.807) is 6.08 Å². The molecule has 0 aromatic rings. The lowest BCUT2D eigenvalue weighted by molar-refractivity contribution is -0.343. The second-order valence-corrected chi connectivity index (χ2v) is 7.58. The van der Waals surface area contributed by atoms with Gasteiger partial charge >= 0.3 is 5.97 Å². The highest BCUT2D eigenvalue weighted by Crippen LogP contribution is 2.29. The number of aliphatic hydroxyl groups is 5. The van der Waals surface area contributed by atoms with E-state index in [0.717, 1.165) is 0 Å². The lowest BCUT2D eigenvalue weighted by atomic mass is 9.95. The molecule has 2 aliphatic rings. The highest BCUT2D eigenvalue weighted by molar-refractivity contribution is 5.73. The molecule has 0 radical (unpaired) electrons. The number of ether oxygens (including phenoxy) is 4. The number of unbranched alkanes of at least 4 members (excludes halogenated alkanes) is 1. The van der Waals surface area contributed by atoms with Crippen LogP contribution in [0.15, 0.2) is 12.7 Å². The summed E-state index contributed by atoms with van der Waals surface area (Å²) in [6.45, 7) is 4.34. The van der Waals surface area contributed by atoms with E-state index in [4.69, 9.17) is 24.1 Å². The number of carboxylic acid groups (broad SMARTS) is 1. The molecule has 7 N–H and O–H groups in total. The molecule has 1 amide bonds. The number of rotatable bonds is 10. The van der Waals surface area contributed by atoms with Gasteiger partial charge in [0.05, 0.1) is 13.2 Å². The zero-order valence-corrected chi connectivity index (χ0v) is 17.5. The number of nitrogens with one attached hydrogen (secondary N) is 1. The molecule has 0 saturated carbocycles. The molecule has 184 valence electrons. The smallest absolute Gasteiger partial charge is 0.335 e. The topological polar surface area (TPSA) is 204 Å². The predicted octanol–water partition coefficient (Wildman–Crippen LogP) is -3.17. The average molecular weight is 465 g/mol. The van der Waals surface area contributed by atoms with Crippen molar-refractivity contribution in [3.8, 4) is 0 Å². The molecule has 0 bridgehead atoms. The van der Waals surface area contributed by atoms with E-state index in [1.807, 2.05) is 0 Å². The molecule has 0 aliphatic carbocycles. The molecule has 2 saturated heterocycles. The van der Waals surface area contributed by atoms with Gasteiger partial charge in [-0.2, -0.15) is 0 Å². The van der Waals surface area contributed by atoms with Gasteiger partial charge in [-0.05, 0) is 12.8 Å². The van der Waals surface area contributed by atoms with Crippen LogP contribution in [0.1, 0.15) is 19.8 Å². The van der Waals surface area contributed by atoms with Gasteiger partial charge < -0.3 is 54.9 Å². The minimum Gasteiger partial charge on any atom is -0.479 e. The summed E-state index contributed by atoms with van der Waals surface area (Å²) in [6.07, 6.45) is -11.8. The number of amides is 1. The number of aliphatic carboxylic acids is 1. The van der Waals surface area contributed by atoms with Crippen molar-refractivity contribution in [2.75, 3.05) is 13.2 Å². The summed E-state index contributed by atoms with van der Waals surface area (Å²) in [4.78, 5) is 22.9. The van der Waals surface area contributed by atoms with Gasteiger partial charge in [0.1, 0.15) is 42.7 Å². The molecular weight excluding hydrogens is 434 g/mol. The summed E-state index contributed by atoms with van der Waals surface area (Å²) in [5, 5.41) is 62.2. The van der Waals surface area contributed by atoms with E-state index < -0.39 is 79.8 Å². The molecule has 2 fully saturated rings. The summed E-state index contributed by atoms with van der Waals surface area (Å²) in [5.41, 5.74) is 0. The van der Waals surface area contributed by atoms with Crippen LogP contribution >= 0.6 is 0 Å². The van der Waals surface area contributed by atoms with E-state index in [1.165, 1.54) is 6.92 Å². The maximum absolute atomic E-state index is 11.6. The lowest BCUT2D eigenvalue weighted by Gasteiger charge is -2.46. The first-order chi connectivity index (χ1) is 15.1. The zero-order chi connectivity index (χ0) is 24.0. The monoisotopic (exact) mass is 465 g/mol. The van der Waals surface area contributed by atoms with Crippen molar-refractivity contribution < 1.29 is 59.2 Å². The summed E-state index contributed by atoms with van der Waals surface area (Å²) >= 11 is 0. The Morgan fingerprint density at radius 3 is 2.31 bits per heavy atom. The Bertz CT molecular complexity index is 648. The van der Waals surface area contributed by atoms with Crippen molar-refractivity contribution in [2.24, 2.45) is 0 Å². The van der Waals surface area contributed by atoms with Crippen LogP contribution < -0.4 is 5.32 Å².